The Morgan fingerprint density at radius 1 is 1.20 bits per heavy atom. The van der Waals surface area contributed by atoms with E-state index in [0.29, 0.717) is 5.69 Å². The Labute approximate surface area is 86.3 Å². The van der Waals surface area contributed by atoms with Gasteiger partial charge < -0.3 is 5.73 Å². The van der Waals surface area contributed by atoms with Crippen molar-refractivity contribution in [1.29, 1.82) is 0 Å². The summed E-state index contributed by atoms with van der Waals surface area (Å²) in [6.07, 6.45) is 0. The summed E-state index contributed by atoms with van der Waals surface area (Å²) in [7, 11) is 0. The number of hydrogen-bond donors (Lipinski definition) is 1. The Morgan fingerprint density at radius 3 is 1.90 bits per heavy atom. The van der Waals surface area contributed by atoms with Crippen molar-refractivity contribution in [3.05, 3.63) is 21.3 Å². The van der Waals surface area contributed by atoms with E-state index in [1.807, 2.05) is 0 Å². The Kier molecular flexibility index (Phi) is 4.52. The SMILES string of the molecule is Nc1cc(Br)nc(Br)c1.[Fe]. The quantitative estimate of drug-likeness (QED) is 0.589. The van der Waals surface area contributed by atoms with E-state index in [4.69, 9.17) is 5.73 Å². The summed E-state index contributed by atoms with van der Waals surface area (Å²) in [5, 5.41) is 0. The summed E-state index contributed by atoms with van der Waals surface area (Å²) in [5.74, 6) is 0. The van der Waals surface area contributed by atoms with Gasteiger partial charge in [0.2, 0.25) is 0 Å². The summed E-state index contributed by atoms with van der Waals surface area (Å²) >= 11 is 6.38. The molecule has 0 aliphatic heterocycles. The summed E-state index contributed by atoms with van der Waals surface area (Å²) in [5.41, 5.74) is 6.16. The fraction of sp³-hybridized carbons (Fsp3) is 0. The molecule has 0 radical (unpaired) electrons. The molecule has 0 saturated carbocycles. The largest absolute Gasteiger partial charge is 0.399 e. The number of aromatic nitrogens is 1. The molecule has 1 heterocycles. The van der Waals surface area contributed by atoms with Gasteiger partial charge in [0.1, 0.15) is 9.21 Å². The van der Waals surface area contributed by atoms with E-state index in [-0.39, 0.29) is 17.1 Å². The van der Waals surface area contributed by atoms with Crippen LogP contribution in [-0.2, 0) is 17.1 Å². The van der Waals surface area contributed by atoms with Crippen LogP contribution in [-0.4, -0.2) is 4.98 Å². The maximum atomic E-state index is 5.46. The van der Waals surface area contributed by atoms with Crippen LogP contribution in [0.5, 0.6) is 0 Å². The zero-order chi connectivity index (χ0) is 6.85. The van der Waals surface area contributed by atoms with E-state index >= 15 is 0 Å². The molecule has 0 atom stereocenters. The third-order valence-electron chi connectivity index (χ3n) is 0.785. The van der Waals surface area contributed by atoms with Crippen LogP contribution < -0.4 is 5.73 Å². The van der Waals surface area contributed by atoms with E-state index in [0.717, 1.165) is 9.21 Å². The van der Waals surface area contributed by atoms with Crippen LogP contribution in [0, 0.1) is 0 Å². The van der Waals surface area contributed by atoms with Crippen molar-refractivity contribution < 1.29 is 17.1 Å². The van der Waals surface area contributed by atoms with Crippen LogP contribution in [0.1, 0.15) is 0 Å². The molecule has 0 aliphatic rings. The van der Waals surface area contributed by atoms with Crippen LogP contribution >= 0.6 is 31.9 Å². The zero-order valence-electron chi connectivity index (χ0n) is 4.79. The van der Waals surface area contributed by atoms with Gasteiger partial charge in [-0.3, -0.25) is 0 Å². The Balaban J connectivity index is 0.000000810. The van der Waals surface area contributed by atoms with Gasteiger partial charge in [-0.25, -0.2) is 4.98 Å². The van der Waals surface area contributed by atoms with E-state index in [2.05, 4.69) is 36.8 Å². The van der Waals surface area contributed by atoms with Crippen LogP contribution in [0.15, 0.2) is 21.3 Å². The molecule has 2 nitrogen and oxygen atoms in total. The smallest absolute Gasteiger partial charge is 0.109 e. The Hall–Kier alpha value is 0.429. The van der Waals surface area contributed by atoms with Gasteiger partial charge >= 0.3 is 0 Å². The molecule has 10 heavy (non-hydrogen) atoms. The van der Waals surface area contributed by atoms with Gasteiger partial charge in [-0.1, -0.05) is 0 Å². The zero-order valence-corrected chi connectivity index (χ0v) is 9.06. The van der Waals surface area contributed by atoms with Crippen molar-refractivity contribution >= 4 is 37.5 Å². The number of rotatable bonds is 0. The maximum absolute atomic E-state index is 5.46. The predicted octanol–water partition coefficient (Wildman–Crippen LogP) is 2.19. The van der Waals surface area contributed by atoms with E-state index in [1.165, 1.54) is 0 Å². The number of anilines is 1. The number of nitrogens with two attached hydrogens (primary N) is 1. The molecule has 0 saturated heterocycles. The fourth-order valence-electron chi connectivity index (χ4n) is 0.483. The molecule has 2 N–H and O–H groups in total. The fourth-order valence-corrected chi connectivity index (χ4v) is 1.63. The molecule has 5 heteroatoms. The first-order valence-electron chi connectivity index (χ1n) is 2.27. The minimum Gasteiger partial charge on any atom is -0.399 e. The first-order valence-corrected chi connectivity index (χ1v) is 3.85. The second-order valence-corrected chi connectivity index (χ2v) is 3.17. The van der Waals surface area contributed by atoms with Crippen molar-refractivity contribution in [2.75, 3.05) is 5.73 Å². The normalized spacial score (nSPS) is 8.60. The van der Waals surface area contributed by atoms with Crippen LogP contribution in [0.3, 0.4) is 0 Å². The molecule has 0 aliphatic carbocycles. The molecule has 0 spiro atoms. The Bertz CT molecular complexity index is 178. The molecule has 1 aromatic rings. The molecule has 0 fully saturated rings. The van der Waals surface area contributed by atoms with Gasteiger partial charge in [-0.15, -0.1) is 0 Å². The van der Waals surface area contributed by atoms with E-state index in [1.54, 1.807) is 12.1 Å². The summed E-state index contributed by atoms with van der Waals surface area (Å²) in [4.78, 5) is 3.99. The van der Waals surface area contributed by atoms with Gasteiger partial charge in [0.05, 0.1) is 0 Å². The van der Waals surface area contributed by atoms with Gasteiger partial charge in [0, 0.05) is 22.8 Å². The summed E-state index contributed by atoms with van der Waals surface area (Å²) in [6, 6.07) is 3.48. The third-order valence-corrected chi connectivity index (χ3v) is 1.60. The van der Waals surface area contributed by atoms with Crippen LogP contribution in [0.25, 0.3) is 0 Å². The van der Waals surface area contributed by atoms with Gasteiger partial charge in [0.25, 0.3) is 0 Å². The van der Waals surface area contributed by atoms with Crippen molar-refractivity contribution in [1.82, 2.24) is 4.98 Å². The van der Waals surface area contributed by atoms with E-state index < -0.39 is 0 Å². The molecule has 0 amide bonds. The standard InChI is InChI=1S/C5H4Br2N2.Fe/c6-4-1-3(8)2-5(7)9-4;/h1-2H,(H2,8,9);. The van der Waals surface area contributed by atoms with Crippen molar-refractivity contribution in [2.24, 2.45) is 0 Å². The maximum Gasteiger partial charge on any atom is 0.109 e. The number of nitrogen functional groups attached to an aromatic ring is 1. The molecular formula is C5H4Br2FeN2. The number of hydrogen-bond acceptors (Lipinski definition) is 2. The molecule has 56 valence electrons. The molecule has 0 unspecified atom stereocenters. The first kappa shape index (κ1) is 10.4. The van der Waals surface area contributed by atoms with Crippen molar-refractivity contribution in [3.8, 4) is 0 Å². The molecule has 0 aromatic carbocycles. The number of nitrogens with zero attached hydrogens (tertiary/aromatic N) is 1. The molecule has 0 bridgehead atoms. The monoisotopic (exact) mass is 306 g/mol. The van der Waals surface area contributed by atoms with Crippen LogP contribution in [0.4, 0.5) is 5.69 Å². The molecule has 1 aromatic heterocycles. The average Bonchev–Trinajstić information content (AvgIpc) is 1.59. The topological polar surface area (TPSA) is 38.9 Å². The molecule has 1 rings (SSSR count). The van der Waals surface area contributed by atoms with Crippen LogP contribution in [0.2, 0.25) is 0 Å². The summed E-state index contributed by atoms with van der Waals surface area (Å²) < 4.78 is 1.49. The van der Waals surface area contributed by atoms with Crippen molar-refractivity contribution in [3.63, 3.8) is 0 Å². The van der Waals surface area contributed by atoms with Gasteiger partial charge in [-0.2, -0.15) is 0 Å². The second-order valence-electron chi connectivity index (χ2n) is 1.55. The van der Waals surface area contributed by atoms with E-state index in [9.17, 15) is 0 Å². The number of halogens is 2. The summed E-state index contributed by atoms with van der Waals surface area (Å²) in [6.45, 7) is 0. The van der Waals surface area contributed by atoms with Gasteiger partial charge in [-0.05, 0) is 44.0 Å². The van der Waals surface area contributed by atoms with Gasteiger partial charge in [0.15, 0.2) is 0 Å². The first-order chi connectivity index (χ1) is 4.18. The predicted molar refractivity (Wildman–Crippen MR) is 44.0 cm³/mol. The Morgan fingerprint density at radius 2 is 1.60 bits per heavy atom. The third kappa shape index (κ3) is 3.01. The minimum absolute atomic E-state index is 0. The minimum atomic E-state index is 0. The molecular weight excluding hydrogens is 304 g/mol. The van der Waals surface area contributed by atoms with Crippen molar-refractivity contribution in [2.45, 2.75) is 0 Å². The average molecular weight is 308 g/mol. The number of pyridine rings is 1. The second kappa shape index (κ2) is 4.34.